The first-order valence-corrected chi connectivity index (χ1v) is 7.08. The van der Waals surface area contributed by atoms with E-state index in [-0.39, 0.29) is 6.61 Å². The van der Waals surface area contributed by atoms with Gasteiger partial charge in [-0.1, -0.05) is 17.7 Å². The molecule has 0 aliphatic carbocycles. The Hall–Kier alpha value is -1.19. The van der Waals surface area contributed by atoms with Gasteiger partial charge in [-0.2, -0.15) is 0 Å². The SMILES string of the molecule is Cc1ccc(C)c(-c2nc(C)c(CCCO)s2)c1. The monoisotopic (exact) mass is 261 g/mol. The summed E-state index contributed by atoms with van der Waals surface area (Å²) < 4.78 is 0. The van der Waals surface area contributed by atoms with Crippen molar-refractivity contribution in [3.8, 4) is 10.6 Å². The highest BCUT2D eigenvalue weighted by molar-refractivity contribution is 7.15. The molecule has 2 aromatic rings. The van der Waals surface area contributed by atoms with E-state index in [9.17, 15) is 0 Å². The fourth-order valence-corrected chi connectivity index (χ4v) is 3.17. The summed E-state index contributed by atoms with van der Waals surface area (Å²) in [5.41, 5.74) is 4.87. The highest BCUT2D eigenvalue weighted by Crippen LogP contribution is 2.31. The number of nitrogens with zero attached hydrogens (tertiary/aromatic N) is 1. The molecule has 1 aromatic carbocycles. The van der Waals surface area contributed by atoms with Crippen LogP contribution in [0.25, 0.3) is 10.6 Å². The molecule has 0 fully saturated rings. The zero-order chi connectivity index (χ0) is 13.1. The molecule has 3 heteroatoms. The van der Waals surface area contributed by atoms with E-state index in [0.29, 0.717) is 0 Å². The summed E-state index contributed by atoms with van der Waals surface area (Å²) in [6.07, 6.45) is 1.74. The molecule has 0 saturated heterocycles. The minimum Gasteiger partial charge on any atom is -0.396 e. The summed E-state index contributed by atoms with van der Waals surface area (Å²) in [6, 6.07) is 6.48. The van der Waals surface area contributed by atoms with Gasteiger partial charge in [0, 0.05) is 17.0 Å². The van der Waals surface area contributed by atoms with Gasteiger partial charge in [0.2, 0.25) is 0 Å². The number of hydrogen-bond donors (Lipinski definition) is 1. The third-order valence-corrected chi connectivity index (χ3v) is 4.33. The van der Waals surface area contributed by atoms with Gasteiger partial charge < -0.3 is 5.11 Å². The molecule has 0 atom stereocenters. The third kappa shape index (κ3) is 2.79. The molecule has 96 valence electrons. The van der Waals surface area contributed by atoms with Crippen LogP contribution in [0.15, 0.2) is 18.2 Å². The number of rotatable bonds is 4. The van der Waals surface area contributed by atoms with Gasteiger partial charge in [-0.3, -0.25) is 0 Å². The predicted molar refractivity (Wildman–Crippen MR) is 77.2 cm³/mol. The highest BCUT2D eigenvalue weighted by Gasteiger charge is 2.11. The Morgan fingerprint density at radius 1 is 1.22 bits per heavy atom. The van der Waals surface area contributed by atoms with E-state index >= 15 is 0 Å². The van der Waals surface area contributed by atoms with Crippen LogP contribution < -0.4 is 0 Å². The largest absolute Gasteiger partial charge is 0.396 e. The average Bonchev–Trinajstić information content (AvgIpc) is 2.71. The van der Waals surface area contributed by atoms with Gasteiger partial charge in [0.05, 0.1) is 5.69 Å². The Morgan fingerprint density at radius 2 is 2.00 bits per heavy atom. The Labute approximate surface area is 112 Å². The molecule has 0 amide bonds. The van der Waals surface area contributed by atoms with Crippen molar-refractivity contribution in [1.82, 2.24) is 4.98 Å². The van der Waals surface area contributed by atoms with Gasteiger partial charge >= 0.3 is 0 Å². The fourth-order valence-electron chi connectivity index (χ4n) is 1.98. The predicted octanol–water partition coefficient (Wildman–Crippen LogP) is 3.66. The molecular formula is C15H19NOS. The molecule has 1 aromatic heterocycles. The lowest BCUT2D eigenvalue weighted by Crippen LogP contribution is -1.88. The Balaban J connectivity index is 2.36. The second-order valence-corrected chi connectivity index (χ2v) is 5.76. The molecule has 0 aliphatic heterocycles. The van der Waals surface area contributed by atoms with Crippen LogP contribution in [0.3, 0.4) is 0 Å². The number of benzene rings is 1. The van der Waals surface area contributed by atoms with Gasteiger partial charge in [-0.15, -0.1) is 11.3 Å². The number of hydrogen-bond acceptors (Lipinski definition) is 3. The van der Waals surface area contributed by atoms with Gasteiger partial charge in [0.1, 0.15) is 5.01 Å². The van der Waals surface area contributed by atoms with E-state index in [1.54, 1.807) is 11.3 Å². The van der Waals surface area contributed by atoms with Crippen LogP contribution in [0, 0.1) is 20.8 Å². The Kier molecular flexibility index (Phi) is 4.15. The lowest BCUT2D eigenvalue weighted by atomic mass is 10.1. The quantitative estimate of drug-likeness (QED) is 0.911. The summed E-state index contributed by atoms with van der Waals surface area (Å²) in [5, 5.41) is 10.0. The number of aliphatic hydroxyl groups is 1. The van der Waals surface area contributed by atoms with Crippen molar-refractivity contribution >= 4 is 11.3 Å². The van der Waals surface area contributed by atoms with Crippen molar-refractivity contribution in [1.29, 1.82) is 0 Å². The van der Waals surface area contributed by atoms with Crippen LogP contribution in [0.4, 0.5) is 0 Å². The summed E-state index contributed by atoms with van der Waals surface area (Å²) in [5.74, 6) is 0. The molecule has 0 aliphatic rings. The van der Waals surface area contributed by atoms with Crippen molar-refractivity contribution in [2.45, 2.75) is 33.6 Å². The number of aromatic nitrogens is 1. The molecule has 18 heavy (non-hydrogen) atoms. The van der Waals surface area contributed by atoms with Crippen LogP contribution in [0.5, 0.6) is 0 Å². The first-order valence-electron chi connectivity index (χ1n) is 6.26. The van der Waals surface area contributed by atoms with Crippen LogP contribution in [0.1, 0.15) is 28.1 Å². The summed E-state index contributed by atoms with van der Waals surface area (Å²) in [6.45, 7) is 6.53. The zero-order valence-electron chi connectivity index (χ0n) is 11.2. The van der Waals surface area contributed by atoms with E-state index in [1.807, 2.05) is 0 Å². The molecule has 0 bridgehead atoms. The lowest BCUT2D eigenvalue weighted by Gasteiger charge is -2.03. The minimum absolute atomic E-state index is 0.246. The van der Waals surface area contributed by atoms with Crippen LogP contribution in [-0.2, 0) is 6.42 Å². The summed E-state index contributed by atoms with van der Waals surface area (Å²) in [4.78, 5) is 5.96. The highest BCUT2D eigenvalue weighted by atomic mass is 32.1. The van der Waals surface area contributed by atoms with Gasteiger partial charge in [0.15, 0.2) is 0 Å². The van der Waals surface area contributed by atoms with Crippen molar-refractivity contribution in [2.75, 3.05) is 6.61 Å². The Morgan fingerprint density at radius 3 is 2.72 bits per heavy atom. The molecule has 1 N–H and O–H groups in total. The third-order valence-electron chi connectivity index (χ3n) is 3.08. The zero-order valence-corrected chi connectivity index (χ0v) is 12.0. The molecule has 0 radical (unpaired) electrons. The Bertz CT molecular complexity index is 545. The van der Waals surface area contributed by atoms with Gasteiger partial charge in [-0.05, 0) is 45.2 Å². The number of aryl methyl sites for hydroxylation is 4. The molecule has 0 saturated carbocycles. The van der Waals surface area contributed by atoms with Crippen LogP contribution in [0.2, 0.25) is 0 Å². The second kappa shape index (κ2) is 5.63. The minimum atomic E-state index is 0.246. The van der Waals surface area contributed by atoms with Gasteiger partial charge in [-0.25, -0.2) is 4.98 Å². The first kappa shape index (κ1) is 13.2. The second-order valence-electron chi connectivity index (χ2n) is 4.67. The normalized spacial score (nSPS) is 10.9. The van der Waals surface area contributed by atoms with E-state index in [0.717, 1.165) is 23.5 Å². The van der Waals surface area contributed by atoms with Gasteiger partial charge in [0.25, 0.3) is 0 Å². The maximum absolute atomic E-state index is 8.91. The maximum Gasteiger partial charge on any atom is 0.124 e. The molecule has 0 unspecified atom stereocenters. The van der Waals surface area contributed by atoms with E-state index in [4.69, 9.17) is 5.11 Å². The molecule has 2 rings (SSSR count). The maximum atomic E-state index is 8.91. The first-order chi connectivity index (χ1) is 8.61. The van der Waals surface area contributed by atoms with E-state index < -0.39 is 0 Å². The van der Waals surface area contributed by atoms with E-state index in [1.165, 1.54) is 21.6 Å². The molecule has 0 spiro atoms. The van der Waals surface area contributed by atoms with Crippen molar-refractivity contribution in [2.24, 2.45) is 0 Å². The molecular weight excluding hydrogens is 242 g/mol. The van der Waals surface area contributed by atoms with Crippen LogP contribution in [-0.4, -0.2) is 16.7 Å². The fraction of sp³-hybridized carbons (Fsp3) is 0.400. The van der Waals surface area contributed by atoms with Crippen molar-refractivity contribution < 1.29 is 5.11 Å². The molecule has 1 heterocycles. The molecule has 2 nitrogen and oxygen atoms in total. The number of thiazole rings is 1. The average molecular weight is 261 g/mol. The smallest absolute Gasteiger partial charge is 0.124 e. The van der Waals surface area contributed by atoms with Crippen molar-refractivity contribution in [3.05, 3.63) is 39.9 Å². The topological polar surface area (TPSA) is 33.1 Å². The van der Waals surface area contributed by atoms with Crippen LogP contribution >= 0.6 is 11.3 Å². The standard InChI is InChI=1S/C15H19NOS/c1-10-6-7-11(2)13(9-10)15-16-12(3)14(18-15)5-4-8-17/h6-7,9,17H,4-5,8H2,1-3H3. The lowest BCUT2D eigenvalue weighted by molar-refractivity contribution is 0.289. The number of aliphatic hydroxyl groups excluding tert-OH is 1. The summed E-state index contributed by atoms with van der Waals surface area (Å²) in [7, 11) is 0. The van der Waals surface area contributed by atoms with Crippen molar-refractivity contribution in [3.63, 3.8) is 0 Å². The van der Waals surface area contributed by atoms with E-state index in [2.05, 4.69) is 44.0 Å². The summed E-state index contributed by atoms with van der Waals surface area (Å²) >= 11 is 1.75.